The van der Waals surface area contributed by atoms with Crippen molar-refractivity contribution >= 4 is 5.91 Å². The van der Waals surface area contributed by atoms with Gasteiger partial charge in [-0.25, -0.2) is 4.98 Å². The van der Waals surface area contributed by atoms with E-state index in [4.69, 9.17) is 9.47 Å². The number of aromatic nitrogens is 2. The summed E-state index contributed by atoms with van der Waals surface area (Å²) >= 11 is 0. The molecule has 1 unspecified atom stereocenters. The first kappa shape index (κ1) is 15.1. The van der Waals surface area contributed by atoms with Crippen LogP contribution in [0.3, 0.4) is 0 Å². The zero-order chi connectivity index (χ0) is 16.4. The summed E-state index contributed by atoms with van der Waals surface area (Å²) in [5.41, 5.74) is 1.06. The number of carbonyl (C=O) groups excluding carboxylic acids is 1. The van der Waals surface area contributed by atoms with Crippen molar-refractivity contribution in [3.05, 3.63) is 54.1 Å². The first-order valence-corrected chi connectivity index (χ1v) is 8.18. The summed E-state index contributed by atoms with van der Waals surface area (Å²) in [4.78, 5) is 20.6. The van der Waals surface area contributed by atoms with Gasteiger partial charge in [-0.3, -0.25) is 9.78 Å². The summed E-state index contributed by atoms with van der Waals surface area (Å²) in [6, 6.07) is 7.78. The highest BCUT2D eigenvalue weighted by molar-refractivity contribution is 5.92. The Labute approximate surface area is 140 Å². The van der Waals surface area contributed by atoms with Crippen molar-refractivity contribution in [2.75, 3.05) is 13.2 Å². The number of ether oxygens (including phenoxy) is 2. The van der Waals surface area contributed by atoms with Gasteiger partial charge < -0.3 is 14.8 Å². The molecule has 1 N–H and O–H groups in total. The smallest absolute Gasteiger partial charge is 0.271 e. The van der Waals surface area contributed by atoms with Crippen molar-refractivity contribution in [3.8, 4) is 5.75 Å². The van der Waals surface area contributed by atoms with E-state index in [1.807, 2.05) is 24.3 Å². The minimum atomic E-state index is -0.271. The van der Waals surface area contributed by atoms with Gasteiger partial charge in [0.1, 0.15) is 17.0 Å². The molecule has 1 aromatic carbocycles. The van der Waals surface area contributed by atoms with Gasteiger partial charge >= 0.3 is 0 Å². The van der Waals surface area contributed by atoms with Crippen LogP contribution in [-0.4, -0.2) is 34.7 Å². The number of fused-ring (bicyclic) bond motifs is 1. The molecule has 2 aliphatic rings. The van der Waals surface area contributed by atoms with Crippen molar-refractivity contribution in [1.82, 2.24) is 15.3 Å². The molecule has 0 aliphatic carbocycles. The molecular formula is C18H19N3O3. The van der Waals surface area contributed by atoms with Crippen LogP contribution in [0.2, 0.25) is 0 Å². The van der Waals surface area contributed by atoms with Gasteiger partial charge in [0.15, 0.2) is 0 Å². The second-order valence-electron chi connectivity index (χ2n) is 6.26. The molecule has 0 radical (unpaired) electrons. The molecule has 1 saturated heterocycles. The van der Waals surface area contributed by atoms with Crippen molar-refractivity contribution in [1.29, 1.82) is 0 Å². The maximum atomic E-state index is 12.5. The van der Waals surface area contributed by atoms with Crippen molar-refractivity contribution in [2.45, 2.75) is 30.9 Å². The van der Waals surface area contributed by atoms with Gasteiger partial charge in [0.2, 0.25) is 0 Å². The molecule has 1 spiro atoms. The fourth-order valence-corrected chi connectivity index (χ4v) is 3.45. The van der Waals surface area contributed by atoms with Crippen molar-refractivity contribution in [2.24, 2.45) is 0 Å². The molecule has 0 bridgehead atoms. The number of rotatable bonds is 2. The Hall–Kier alpha value is -2.47. The Morgan fingerprint density at radius 2 is 2.04 bits per heavy atom. The van der Waals surface area contributed by atoms with Gasteiger partial charge in [0, 0.05) is 37.2 Å². The van der Waals surface area contributed by atoms with Crippen LogP contribution in [-0.2, 0) is 4.74 Å². The molecule has 3 heterocycles. The van der Waals surface area contributed by atoms with Crippen LogP contribution in [0.4, 0.5) is 0 Å². The van der Waals surface area contributed by atoms with Crippen LogP contribution in [0.1, 0.15) is 41.4 Å². The molecule has 0 saturated carbocycles. The normalized spacial score (nSPS) is 21.6. The van der Waals surface area contributed by atoms with E-state index < -0.39 is 0 Å². The second-order valence-corrected chi connectivity index (χ2v) is 6.26. The topological polar surface area (TPSA) is 73.3 Å². The van der Waals surface area contributed by atoms with Crippen LogP contribution >= 0.6 is 0 Å². The number of nitrogens with one attached hydrogen (secondary N) is 1. The van der Waals surface area contributed by atoms with E-state index in [-0.39, 0.29) is 17.6 Å². The van der Waals surface area contributed by atoms with E-state index >= 15 is 0 Å². The minimum absolute atomic E-state index is 0.109. The largest absolute Gasteiger partial charge is 0.487 e. The molecule has 2 aliphatic heterocycles. The molecular weight excluding hydrogens is 306 g/mol. The summed E-state index contributed by atoms with van der Waals surface area (Å²) in [6.07, 6.45) is 6.95. The Morgan fingerprint density at radius 1 is 1.21 bits per heavy atom. The first-order valence-electron chi connectivity index (χ1n) is 8.18. The SMILES string of the molecule is O=C(NC1CC2(CCOCC2)Oc2ccccc21)c1cnccn1. The highest BCUT2D eigenvalue weighted by Crippen LogP contribution is 2.43. The predicted molar refractivity (Wildman–Crippen MR) is 86.7 cm³/mol. The molecule has 124 valence electrons. The molecule has 24 heavy (non-hydrogen) atoms. The maximum Gasteiger partial charge on any atom is 0.271 e. The third-order valence-corrected chi connectivity index (χ3v) is 4.70. The molecule has 1 aromatic heterocycles. The number of benzene rings is 1. The van der Waals surface area contributed by atoms with Crippen molar-refractivity contribution < 1.29 is 14.3 Å². The minimum Gasteiger partial charge on any atom is -0.487 e. The lowest BCUT2D eigenvalue weighted by molar-refractivity contribution is -0.0639. The van der Waals surface area contributed by atoms with E-state index in [0.717, 1.165) is 30.6 Å². The molecule has 1 atom stereocenters. The Kier molecular flexibility index (Phi) is 3.90. The number of hydrogen-bond acceptors (Lipinski definition) is 5. The third-order valence-electron chi connectivity index (χ3n) is 4.70. The lowest BCUT2D eigenvalue weighted by Crippen LogP contribution is -2.48. The van der Waals surface area contributed by atoms with Gasteiger partial charge in [0.25, 0.3) is 5.91 Å². The summed E-state index contributed by atoms with van der Waals surface area (Å²) in [5, 5.41) is 3.10. The highest BCUT2D eigenvalue weighted by atomic mass is 16.5. The molecule has 1 amide bonds. The summed E-state index contributed by atoms with van der Waals surface area (Å²) in [5.74, 6) is 0.627. The van der Waals surface area contributed by atoms with Gasteiger partial charge in [-0.2, -0.15) is 0 Å². The number of para-hydroxylation sites is 1. The number of hydrogen-bond donors (Lipinski definition) is 1. The molecule has 1 fully saturated rings. The average molecular weight is 325 g/mol. The molecule has 6 heteroatoms. The summed E-state index contributed by atoms with van der Waals surface area (Å²) in [6.45, 7) is 1.37. The second kappa shape index (κ2) is 6.20. The van der Waals surface area contributed by atoms with E-state index in [9.17, 15) is 4.79 Å². The average Bonchev–Trinajstić information content (AvgIpc) is 2.63. The zero-order valence-electron chi connectivity index (χ0n) is 13.3. The van der Waals surface area contributed by atoms with E-state index in [0.29, 0.717) is 18.9 Å². The van der Waals surface area contributed by atoms with Crippen LogP contribution in [0.5, 0.6) is 5.75 Å². The lowest BCUT2D eigenvalue weighted by atomic mass is 9.82. The lowest BCUT2D eigenvalue weighted by Gasteiger charge is -2.44. The summed E-state index contributed by atoms with van der Waals surface area (Å²) < 4.78 is 11.8. The number of nitrogens with zero attached hydrogens (tertiary/aromatic N) is 2. The monoisotopic (exact) mass is 325 g/mol. The van der Waals surface area contributed by atoms with Crippen molar-refractivity contribution in [3.63, 3.8) is 0 Å². The molecule has 6 nitrogen and oxygen atoms in total. The van der Waals surface area contributed by atoms with Gasteiger partial charge in [-0.1, -0.05) is 18.2 Å². The number of carbonyl (C=O) groups is 1. The van der Waals surface area contributed by atoms with Crippen LogP contribution in [0, 0.1) is 0 Å². The van der Waals surface area contributed by atoms with Gasteiger partial charge in [-0.05, 0) is 6.07 Å². The molecule has 4 rings (SSSR count). The first-order chi connectivity index (χ1) is 11.8. The number of amides is 1. The van der Waals surface area contributed by atoms with Crippen LogP contribution in [0.15, 0.2) is 42.9 Å². The Balaban J connectivity index is 1.62. The third kappa shape index (κ3) is 2.85. The standard InChI is InChI=1S/C18H19N3O3/c22-17(15-12-19-7-8-20-15)21-14-11-18(5-9-23-10-6-18)24-16-4-2-1-3-13(14)16/h1-4,7-8,12,14H,5-6,9-11H2,(H,21,22). The highest BCUT2D eigenvalue weighted by Gasteiger charge is 2.42. The Bertz CT molecular complexity index is 729. The van der Waals surface area contributed by atoms with Gasteiger partial charge in [-0.15, -0.1) is 0 Å². The summed E-state index contributed by atoms with van der Waals surface area (Å²) in [7, 11) is 0. The van der Waals surface area contributed by atoms with E-state index in [2.05, 4.69) is 15.3 Å². The van der Waals surface area contributed by atoms with Crippen LogP contribution < -0.4 is 10.1 Å². The van der Waals surface area contributed by atoms with Gasteiger partial charge in [0.05, 0.1) is 25.5 Å². The molecule has 2 aromatic rings. The Morgan fingerprint density at radius 3 is 2.83 bits per heavy atom. The fourth-order valence-electron chi connectivity index (χ4n) is 3.45. The quantitative estimate of drug-likeness (QED) is 0.917. The fraction of sp³-hybridized carbons (Fsp3) is 0.389. The van der Waals surface area contributed by atoms with Crippen LogP contribution in [0.25, 0.3) is 0 Å². The van der Waals surface area contributed by atoms with E-state index in [1.165, 1.54) is 12.4 Å². The maximum absolute atomic E-state index is 12.5. The van der Waals surface area contributed by atoms with E-state index in [1.54, 1.807) is 6.20 Å². The predicted octanol–water partition coefficient (Wildman–Crippen LogP) is 2.28. The zero-order valence-corrected chi connectivity index (χ0v) is 13.3.